The number of halogens is 1. The van der Waals surface area contributed by atoms with Crippen molar-refractivity contribution in [2.24, 2.45) is 0 Å². The van der Waals surface area contributed by atoms with Gasteiger partial charge < -0.3 is 0 Å². The number of hydrogen-bond acceptors (Lipinski definition) is 1. The zero-order chi connectivity index (χ0) is 2.71. The molecule has 0 bridgehead atoms. The van der Waals surface area contributed by atoms with Gasteiger partial charge >= 0.3 is 36.2 Å². The molecule has 0 aliphatic heterocycles. The van der Waals surface area contributed by atoms with Gasteiger partial charge in [-0.3, -0.25) is 0 Å². The molecule has 0 rings (SSSR count). The first kappa shape index (κ1) is 9.15. The summed E-state index contributed by atoms with van der Waals surface area (Å²) in [5.74, 6) is 0. The fourth-order valence-electron chi connectivity index (χ4n) is 0. The predicted molar refractivity (Wildman–Crippen MR) is 31.6 cm³/mol. The van der Waals surface area contributed by atoms with Crippen molar-refractivity contribution in [3.05, 3.63) is 0 Å². The van der Waals surface area contributed by atoms with Crippen molar-refractivity contribution in [2.45, 2.75) is 0 Å². The summed E-state index contributed by atoms with van der Waals surface area (Å²) >= 11 is 0.968. The van der Waals surface area contributed by atoms with Crippen molar-refractivity contribution in [2.75, 3.05) is 7.05 Å². The van der Waals surface area contributed by atoms with E-state index in [-0.39, 0.29) is 24.0 Å². The Kier molecular flexibility index (Phi) is 20.2. The number of hydrogen-bond donors (Lipinski definition) is 1. The molecule has 0 heterocycles. The Bertz CT molecular complexity index is 8.00. The van der Waals surface area contributed by atoms with Gasteiger partial charge in [0.15, 0.2) is 0 Å². The largest absolute Gasteiger partial charge is 0.107 e. The molecule has 0 saturated carbocycles. The van der Waals surface area contributed by atoms with Crippen LogP contribution in [-0.4, -0.2) is 33.1 Å². The van der Waals surface area contributed by atoms with E-state index in [0.717, 1.165) is 26.1 Å². The molecule has 0 aromatic carbocycles. The Morgan fingerprint density at radius 2 is 1.75 bits per heavy atom. The molecule has 4 heavy (non-hydrogen) atoms. The summed E-state index contributed by atoms with van der Waals surface area (Å²) in [4.78, 5) is 0. The first-order chi connectivity index (χ1) is 1.41. The van der Waals surface area contributed by atoms with E-state index >= 15 is 0 Å². The van der Waals surface area contributed by atoms with Crippen LogP contribution >= 0.6 is 24.0 Å². The van der Waals surface area contributed by atoms with E-state index < -0.39 is 0 Å². The minimum Gasteiger partial charge on any atom is -0.107 e. The van der Waals surface area contributed by atoms with Crippen LogP contribution in [0.1, 0.15) is 0 Å². The van der Waals surface area contributed by atoms with Gasteiger partial charge in [-0.05, 0) is 0 Å². The van der Waals surface area contributed by atoms with Crippen molar-refractivity contribution < 1.29 is 0 Å². The van der Waals surface area contributed by atoms with Crippen LogP contribution in [0.15, 0.2) is 0 Å². The molecule has 3 heteroatoms. The van der Waals surface area contributed by atoms with Crippen LogP contribution in [0.5, 0.6) is 0 Å². The molecule has 2 radical (unpaired) electrons. The SMILES string of the molecule is C[NH][PbH].I. The summed E-state index contributed by atoms with van der Waals surface area (Å²) in [6.45, 7) is 0. The van der Waals surface area contributed by atoms with Crippen LogP contribution in [0, 0.1) is 0 Å². The Hall–Kier alpha value is 1.61. The summed E-state index contributed by atoms with van der Waals surface area (Å²) < 4.78 is 2.92. The van der Waals surface area contributed by atoms with Gasteiger partial charge in [-0.25, -0.2) is 0 Å². The Labute approximate surface area is 59.7 Å². The fraction of sp³-hybridized carbons (Fsp3) is 1.00. The number of rotatable bonds is 0. The molecule has 0 aliphatic carbocycles. The van der Waals surface area contributed by atoms with Crippen molar-refractivity contribution in [3.63, 3.8) is 0 Å². The summed E-state index contributed by atoms with van der Waals surface area (Å²) in [5, 5.41) is 0. The molecule has 0 atom stereocenters. The quantitative estimate of drug-likeness (QED) is 0.456. The minimum absolute atomic E-state index is 0. The number of nitrogens with one attached hydrogen (secondary N) is 1. The fourth-order valence-corrected chi connectivity index (χ4v) is 0. The molecular formula is CH6INPb. The Balaban J connectivity index is 0. The van der Waals surface area contributed by atoms with Crippen molar-refractivity contribution >= 4 is 50.0 Å². The van der Waals surface area contributed by atoms with E-state index in [4.69, 9.17) is 0 Å². The van der Waals surface area contributed by atoms with Gasteiger partial charge in [0.2, 0.25) is 0 Å². The van der Waals surface area contributed by atoms with Crippen LogP contribution in [0.4, 0.5) is 0 Å². The average molecular weight is 366 g/mol. The topological polar surface area (TPSA) is 12.0 Å². The molecule has 0 aromatic heterocycles. The third-order valence-electron chi connectivity index (χ3n) is 0. The van der Waals surface area contributed by atoms with Crippen molar-refractivity contribution in [3.8, 4) is 0 Å². The minimum atomic E-state index is 0. The van der Waals surface area contributed by atoms with Crippen molar-refractivity contribution in [1.82, 2.24) is 3.13 Å². The van der Waals surface area contributed by atoms with Crippen LogP contribution in [0.25, 0.3) is 0 Å². The summed E-state index contributed by atoms with van der Waals surface area (Å²) in [6, 6.07) is 0. The molecule has 0 saturated heterocycles. The van der Waals surface area contributed by atoms with Gasteiger partial charge in [-0.1, -0.05) is 0 Å². The van der Waals surface area contributed by atoms with Gasteiger partial charge in [0, 0.05) is 0 Å². The van der Waals surface area contributed by atoms with Crippen LogP contribution < -0.4 is 3.13 Å². The van der Waals surface area contributed by atoms with E-state index in [1.54, 1.807) is 0 Å². The molecule has 1 N–H and O–H groups in total. The second-order valence-corrected chi connectivity index (χ2v) is 2.53. The van der Waals surface area contributed by atoms with Gasteiger partial charge in [0.05, 0.1) is 0 Å². The normalized spacial score (nSPS) is 4.50. The predicted octanol–water partition coefficient (Wildman–Crippen LogP) is -0.360. The average Bonchev–Trinajstić information content (AvgIpc) is 0.918. The first-order valence-corrected chi connectivity index (χ1v) is 3.03. The zero-order valence-corrected chi connectivity index (χ0v) is 9.30. The van der Waals surface area contributed by atoms with Crippen molar-refractivity contribution in [1.29, 1.82) is 0 Å². The molecule has 26 valence electrons. The Morgan fingerprint density at radius 1 is 1.75 bits per heavy atom. The molecule has 0 amide bonds. The molecule has 0 aromatic rings. The molecule has 0 unspecified atom stereocenters. The second kappa shape index (κ2) is 8.82. The zero-order valence-electron chi connectivity index (χ0n) is 2.49. The third kappa shape index (κ3) is 9.48. The van der Waals surface area contributed by atoms with E-state index in [1.165, 1.54) is 0 Å². The molecule has 0 fully saturated rings. The maximum absolute atomic E-state index is 2.92. The summed E-state index contributed by atoms with van der Waals surface area (Å²) in [6.07, 6.45) is 0. The third-order valence-corrected chi connectivity index (χ3v) is 0. The molecule has 1 nitrogen and oxygen atoms in total. The van der Waals surface area contributed by atoms with Crippen LogP contribution in [0.2, 0.25) is 0 Å². The van der Waals surface area contributed by atoms with Crippen LogP contribution in [0.3, 0.4) is 0 Å². The molecule has 0 aliphatic rings. The van der Waals surface area contributed by atoms with Gasteiger partial charge in [0.25, 0.3) is 0 Å². The summed E-state index contributed by atoms with van der Waals surface area (Å²) in [7, 11) is 1.95. The standard InChI is InChI=1S/CH4N.HI.Pb.H/c1-2;;;/h2H,1H3;1H;;/q-1;;+1;. The van der Waals surface area contributed by atoms with E-state index in [0.29, 0.717) is 0 Å². The van der Waals surface area contributed by atoms with E-state index in [1.807, 2.05) is 7.05 Å². The molecular weight excluding hydrogens is 360 g/mol. The van der Waals surface area contributed by atoms with Gasteiger partial charge in [0.1, 0.15) is 0 Å². The molecule has 0 spiro atoms. The monoisotopic (exact) mass is 367 g/mol. The maximum atomic E-state index is 2.92. The smallest absolute Gasteiger partial charge is 0.107 e. The first-order valence-electron chi connectivity index (χ1n) is 0.789. The van der Waals surface area contributed by atoms with Gasteiger partial charge in [-0.15, -0.1) is 24.0 Å². The second-order valence-electron chi connectivity index (χ2n) is 0.289. The maximum Gasteiger partial charge on any atom is -0.107 e. The van der Waals surface area contributed by atoms with E-state index in [9.17, 15) is 0 Å². The summed E-state index contributed by atoms with van der Waals surface area (Å²) in [5.41, 5.74) is 0. The van der Waals surface area contributed by atoms with E-state index in [2.05, 4.69) is 3.13 Å². The Morgan fingerprint density at radius 3 is 1.75 bits per heavy atom. The van der Waals surface area contributed by atoms with Crippen LogP contribution in [-0.2, 0) is 0 Å². The van der Waals surface area contributed by atoms with Gasteiger partial charge in [-0.2, -0.15) is 0 Å².